The molecule has 1 aromatic rings. The van der Waals surface area contributed by atoms with Crippen LogP contribution in [0.2, 0.25) is 0 Å². The molecule has 82 valence electrons. The number of ether oxygens (including phenoxy) is 1. The topological polar surface area (TPSA) is 9.23 Å². The lowest BCUT2D eigenvalue weighted by Crippen LogP contribution is -2.19. The summed E-state index contributed by atoms with van der Waals surface area (Å²) in [6.07, 6.45) is 2.17. The van der Waals surface area contributed by atoms with Crippen LogP contribution in [0.1, 0.15) is 29.3 Å². The molecule has 2 heteroatoms. The van der Waals surface area contributed by atoms with Gasteiger partial charge in [-0.15, -0.1) is 11.6 Å². The molecule has 1 heterocycles. The van der Waals surface area contributed by atoms with Gasteiger partial charge >= 0.3 is 0 Å². The van der Waals surface area contributed by atoms with Crippen molar-refractivity contribution in [1.29, 1.82) is 0 Å². The summed E-state index contributed by atoms with van der Waals surface area (Å²) < 4.78 is 5.35. The van der Waals surface area contributed by atoms with Crippen molar-refractivity contribution in [3.05, 3.63) is 35.4 Å². The average molecular weight is 225 g/mol. The minimum absolute atomic E-state index is 0.148. The summed E-state index contributed by atoms with van der Waals surface area (Å²) in [7, 11) is 0. The Morgan fingerprint density at radius 2 is 1.80 bits per heavy atom. The maximum Gasteiger partial charge on any atom is 0.0615 e. The van der Waals surface area contributed by atoms with Crippen molar-refractivity contribution in [2.24, 2.45) is 5.92 Å². The molecule has 1 saturated heterocycles. The predicted octanol–water partition coefficient (Wildman–Crippen LogP) is 3.70. The van der Waals surface area contributed by atoms with E-state index in [0.29, 0.717) is 5.92 Å². The minimum Gasteiger partial charge on any atom is -0.381 e. The SMILES string of the molecule is Cc1ccc(C(Cl)C2CCOCC2)cc1. The van der Waals surface area contributed by atoms with Gasteiger partial charge in [-0.05, 0) is 31.2 Å². The lowest BCUT2D eigenvalue weighted by Gasteiger charge is -2.26. The van der Waals surface area contributed by atoms with Gasteiger partial charge < -0.3 is 4.74 Å². The summed E-state index contributed by atoms with van der Waals surface area (Å²) in [6.45, 7) is 3.82. The molecule has 0 saturated carbocycles. The number of benzene rings is 1. The van der Waals surface area contributed by atoms with Gasteiger partial charge in [-0.3, -0.25) is 0 Å². The maximum absolute atomic E-state index is 6.48. The van der Waals surface area contributed by atoms with E-state index in [-0.39, 0.29) is 5.38 Å². The minimum atomic E-state index is 0.148. The van der Waals surface area contributed by atoms with Gasteiger partial charge in [0.05, 0.1) is 5.38 Å². The molecule has 15 heavy (non-hydrogen) atoms. The highest BCUT2D eigenvalue weighted by molar-refractivity contribution is 6.21. The summed E-state index contributed by atoms with van der Waals surface area (Å²) >= 11 is 6.48. The zero-order valence-electron chi connectivity index (χ0n) is 9.08. The van der Waals surface area contributed by atoms with Crippen LogP contribution >= 0.6 is 11.6 Å². The lowest BCUT2D eigenvalue weighted by molar-refractivity contribution is 0.0651. The van der Waals surface area contributed by atoms with Crippen molar-refractivity contribution in [1.82, 2.24) is 0 Å². The zero-order valence-corrected chi connectivity index (χ0v) is 9.83. The zero-order chi connectivity index (χ0) is 10.7. The van der Waals surface area contributed by atoms with Gasteiger partial charge in [0.2, 0.25) is 0 Å². The van der Waals surface area contributed by atoms with E-state index >= 15 is 0 Å². The number of aryl methyl sites for hydroxylation is 1. The molecular weight excluding hydrogens is 208 g/mol. The van der Waals surface area contributed by atoms with Crippen LogP contribution in [-0.4, -0.2) is 13.2 Å². The lowest BCUT2D eigenvalue weighted by atomic mass is 9.91. The molecule has 1 aliphatic rings. The van der Waals surface area contributed by atoms with Crippen LogP contribution in [0.4, 0.5) is 0 Å². The second-order valence-corrected chi connectivity index (χ2v) is 4.73. The highest BCUT2D eigenvalue weighted by Crippen LogP contribution is 2.35. The Hall–Kier alpha value is -0.530. The van der Waals surface area contributed by atoms with Gasteiger partial charge in [0.1, 0.15) is 0 Å². The molecule has 0 aliphatic carbocycles. The second kappa shape index (κ2) is 5.00. The average Bonchev–Trinajstić information content (AvgIpc) is 2.30. The molecule has 0 spiro atoms. The van der Waals surface area contributed by atoms with E-state index in [1.54, 1.807) is 0 Å². The van der Waals surface area contributed by atoms with Gasteiger partial charge in [0.15, 0.2) is 0 Å². The molecule has 0 bridgehead atoms. The fourth-order valence-electron chi connectivity index (χ4n) is 2.03. The van der Waals surface area contributed by atoms with Crippen molar-refractivity contribution in [2.75, 3.05) is 13.2 Å². The molecule has 2 rings (SSSR count). The maximum atomic E-state index is 6.48. The predicted molar refractivity (Wildman–Crippen MR) is 63.3 cm³/mol. The normalized spacial score (nSPS) is 20.1. The van der Waals surface area contributed by atoms with E-state index in [2.05, 4.69) is 31.2 Å². The third-order valence-electron chi connectivity index (χ3n) is 3.08. The molecule has 1 nitrogen and oxygen atoms in total. The van der Waals surface area contributed by atoms with E-state index < -0.39 is 0 Å². The Balaban J connectivity index is 2.05. The summed E-state index contributed by atoms with van der Waals surface area (Å²) in [6, 6.07) is 8.54. The summed E-state index contributed by atoms with van der Waals surface area (Å²) in [5.74, 6) is 0.572. The first kappa shape index (κ1) is 11.0. The number of hydrogen-bond acceptors (Lipinski definition) is 1. The van der Waals surface area contributed by atoms with Crippen LogP contribution in [0, 0.1) is 12.8 Å². The van der Waals surface area contributed by atoms with E-state index in [4.69, 9.17) is 16.3 Å². The van der Waals surface area contributed by atoms with E-state index in [0.717, 1.165) is 26.1 Å². The van der Waals surface area contributed by atoms with E-state index in [9.17, 15) is 0 Å². The fraction of sp³-hybridized carbons (Fsp3) is 0.538. The van der Waals surface area contributed by atoms with Crippen molar-refractivity contribution in [2.45, 2.75) is 25.1 Å². The number of alkyl halides is 1. The van der Waals surface area contributed by atoms with Crippen LogP contribution in [-0.2, 0) is 4.74 Å². The van der Waals surface area contributed by atoms with Gasteiger partial charge in [-0.2, -0.15) is 0 Å². The third-order valence-corrected chi connectivity index (χ3v) is 3.68. The Morgan fingerprint density at radius 1 is 1.20 bits per heavy atom. The van der Waals surface area contributed by atoms with Gasteiger partial charge in [0, 0.05) is 13.2 Å². The van der Waals surface area contributed by atoms with Crippen LogP contribution in [0.25, 0.3) is 0 Å². The number of rotatable bonds is 2. The van der Waals surface area contributed by atoms with Gasteiger partial charge in [0.25, 0.3) is 0 Å². The van der Waals surface area contributed by atoms with Gasteiger partial charge in [-0.25, -0.2) is 0 Å². The Kier molecular flexibility index (Phi) is 3.66. The van der Waals surface area contributed by atoms with Crippen molar-refractivity contribution in [3.8, 4) is 0 Å². The third kappa shape index (κ3) is 2.73. The van der Waals surface area contributed by atoms with Crippen molar-refractivity contribution in [3.63, 3.8) is 0 Å². The first-order valence-electron chi connectivity index (χ1n) is 5.56. The second-order valence-electron chi connectivity index (χ2n) is 4.26. The molecule has 0 radical (unpaired) electrons. The van der Waals surface area contributed by atoms with Crippen molar-refractivity contribution >= 4 is 11.6 Å². The monoisotopic (exact) mass is 224 g/mol. The summed E-state index contributed by atoms with van der Waals surface area (Å²) in [5, 5.41) is 0.148. The van der Waals surface area contributed by atoms with Crippen LogP contribution in [0.5, 0.6) is 0 Å². The van der Waals surface area contributed by atoms with Crippen LogP contribution < -0.4 is 0 Å². The summed E-state index contributed by atoms with van der Waals surface area (Å²) in [5.41, 5.74) is 2.53. The summed E-state index contributed by atoms with van der Waals surface area (Å²) in [4.78, 5) is 0. The smallest absolute Gasteiger partial charge is 0.0615 e. The molecular formula is C13H17ClO. The van der Waals surface area contributed by atoms with E-state index in [1.165, 1.54) is 11.1 Å². The van der Waals surface area contributed by atoms with Crippen LogP contribution in [0.3, 0.4) is 0 Å². The molecule has 1 aromatic carbocycles. The largest absolute Gasteiger partial charge is 0.381 e. The standard InChI is InChI=1S/C13H17ClO/c1-10-2-4-11(5-3-10)13(14)12-6-8-15-9-7-12/h2-5,12-13H,6-9H2,1H3. The quantitative estimate of drug-likeness (QED) is 0.696. The van der Waals surface area contributed by atoms with Crippen LogP contribution in [0.15, 0.2) is 24.3 Å². The Labute approximate surface area is 96.4 Å². The number of halogens is 1. The molecule has 0 aromatic heterocycles. The van der Waals surface area contributed by atoms with Gasteiger partial charge in [-0.1, -0.05) is 29.8 Å². The van der Waals surface area contributed by atoms with E-state index in [1.807, 2.05) is 0 Å². The molecule has 0 amide bonds. The first-order valence-corrected chi connectivity index (χ1v) is 5.99. The highest BCUT2D eigenvalue weighted by Gasteiger charge is 2.23. The molecule has 0 N–H and O–H groups in total. The highest BCUT2D eigenvalue weighted by atomic mass is 35.5. The first-order chi connectivity index (χ1) is 7.27. The fourth-order valence-corrected chi connectivity index (χ4v) is 2.43. The molecule has 1 unspecified atom stereocenters. The number of hydrogen-bond donors (Lipinski definition) is 0. The Morgan fingerprint density at radius 3 is 2.40 bits per heavy atom. The van der Waals surface area contributed by atoms with Crippen molar-refractivity contribution < 1.29 is 4.74 Å². The molecule has 1 atom stereocenters. The molecule has 1 fully saturated rings. The Bertz CT molecular complexity index is 301. The molecule has 1 aliphatic heterocycles.